The fourth-order valence-electron chi connectivity index (χ4n) is 2.10. The molecule has 0 saturated carbocycles. The summed E-state index contributed by atoms with van der Waals surface area (Å²) >= 11 is 0. The van der Waals surface area contributed by atoms with Crippen LogP contribution >= 0.6 is 0 Å². The quantitative estimate of drug-likeness (QED) is 0.633. The molecule has 26 heavy (non-hydrogen) atoms. The second-order valence-electron chi connectivity index (χ2n) is 5.42. The zero-order valence-corrected chi connectivity index (χ0v) is 14.4. The summed E-state index contributed by atoms with van der Waals surface area (Å²) in [5, 5.41) is 11.3. The summed E-state index contributed by atoms with van der Waals surface area (Å²) in [6, 6.07) is 14.3. The Morgan fingerprint density at radius 2 is 1.73 bits per heavy atom. The maximum absolute atomic E-state index is 11.9. The Hall–Kier alpha value is -3.06. The van der Waals surface area contributed by atoms with Crippen molar-refractivity contribution in [3.05, 3.63) is 54.1 Å². The summed E-state index contributed by atoms with van der Waals surface area (Å²) in [4.78, 5) is 22.4. The number of ether oxygens (including phenoxy) is 3. The SMILES string of the molecule is Cc1cc(OCC(=O)O)ccc1NC(=O)COCCOc1ccccc1. The lowest BCUT2D eigenvalue weighted by atomic mass is 10.2. The van der Waals surface area contributed by atoms with Gasteiger partial charge in [-0.15, -0.1) is 0 Å². The highest BCUT2D eigenvalue weighted by Crippen LogP contribution is 2.21. The van der Waals surface area contributed by atoms with E-state index in [-0.39, 0.29) is 12.5 Å². The monoisotopic (exact) mass is 359 g/mol. The Labute approximate surface area is 151 Å². The van der Waals surface area contributed by atoms with Crippen LogP contribution in [-0.2, 0) is 14.3 Å². The van der Waals surface area contributed by atoms with E-state index >= 15 is 0 Å². The van der Waals surface area contributed by atoms with Crippen molar-refractivity contribution in [1.29, 1.82) is 0 Å². The predicted octanol–water partition coefficient (Wildman–Crippen LogP) is 2.49. The van der Waals surface area contributed by atoms with Crippen LogP contribution < -0.4 is 14.8 Å². The molecule has 0 heterocycles. The molecule has 0 aliphatic rings. The fraction of sp³-hybridized carbons (Fsp3) is 0.263. The first-order valence-corrected chi connectivity index (χ1v) is 8.05. The normalized spacial score (nSPS) is 10.2. The van der Waals surface area contributed by atoms with Crippen molar-refractivity contribution in [2.45, 2.75) is 6.92 Å². The van der Waals surface area contributed by atoms with Crippen molar-refractivity contribution in [2.75, 3.05) is 31.7 Å². The first-order valence-electron chi connectivity index (χ1n) is 8.05. The van der Waals surface area contributed by atoms with Gasteiger partial charge in [-0.2, -0.15) is 0 Å². The molecule has 1 amide bonds. The molecule has 0 aromatic heterocycles. The molecule has 0 spiro atoms. The molecule has 7 nitrogen and oxygen atoms in total. The molecule has 0 radical (unpaired) electrons. The lowest BCUT2D eigenvalue weighted by molar-refractivity contribution is -0.139. The standard InChI is InChI=1S/C19H21NO6/c1-14-11-16(26-13-19(22)23)7-8-17(14)20-18(21)12-24-9-10-25-15-5-3-2-4-6-15/h2-8,11H,9-10,12-13H2,1H3,(H,20,21)(H,22,23). The molecule has 138 valence electrons. The van der Waals surface area contributed by atoms with Crippen LogP contribution in [0.5, 0.6) is 11.5 Å². The number of carbonyl (C=O) groups is 2. The zero-order valence-electron chi connectivity index (χ0n) is 14.4. The summed E-state index contributed by atoms with van der Waals surface area (Å²) < 4.78 is 15.8. The van der Waals surface area contributed by atoms with Gasteiger partial charge in [-0.05, 0) is 42.8 Å². The van der Waals surface area contributed by atoms with Gasteiger partial charge in [0.1, 0.15) is 24.7 Å². The second kappa shape index (κ2) is 10.0. The number of rotatable bonds is 10. The number of carboxylic acid groups (broad SMARTS) is 1. The second-order valence-corrected chi connectivity index (χ2v) is 5.42. The van der Waals surface area contributed by atoms with Crippen LogP contribution in [0.25, 0.3) is 0 Å². The van der Waals surface area contributed by atoms with E-state index < -0.39 is 12.6 Å². The van der Waals surface area contributed by atoms with Gasteiger partial charge in [0.25, 0.3) is 0 Å². The number of anilines is 1. The number of aryl methyl sites for hydroxylation is 1. The summed E-state index contributed by atoms with van der Waals surface area (Å²) in [6.07, 6.45) is 0. The fourth-order valence-corrected chi connectivity index (χ4v) is 2.10. The number of nitrogens with one attached hydrogen (secondary N) is 1. The van der Waals surface area contributed by atoms with Crippen LogP contribution in [-0.4, -0.2) is 43.4 Å². The Kier molecular flexibility index (Phi) is 7.45. The minimum absolute atomic E-state index is 0.0884. The van der Waals surface area contributed by atoms with Crippen molar-refractivity contribution < 1.29 is 28.9 Å². The smallest absolute Gasteiger partial charge is 0.341 e. The van der Waals surface area contributed by atoms with Crippen molar-refractivity contribution in [1.82, 2.24) is 0 Å². The predicted molar refractivity (Wildman–Crippen MR) is 95.7 cm³/mol. The van der Waals surface area contributed by atoms with Crippen LogP contribution in [0.2, 0.25) is 0 Å². The largest absolute Gasteiger partial charge is 0.491 e. The molecule has 0 atom stereocenters. The van der Waals surface area contributed by atoms with E-state index in [0.29, 0.717) is 24.7 Å². The summed E-state index contributed by atoms with van der Waals surface area (Å²) in [6.45, 7) is 1.94. The molecule has 2 N–H and O–H groups in total. The highest BCUT2D eigenvalue weighted by Gasteiger charge is 2.07. The van der Waals surface area contributed by atoms with Crippen molar-refractivity contribution >= 4 is 17.6 Å². The Bertz CT molecular complexity index is 732. The number of benzene rings is 2. The average molecular weight is 359 g/mol. The van der Waals surface area contributed by atoms with Gasteiger partial charge >= 0.3 is 5.97 Å². The summed E-state index contributed by atoms with van der Waals surface area (Å²) in [5.74, 6) is -0.154. The Balaban J connectivity index is 1.69. The minimum atomic E-state index is -1.05. The molecular weight excluding hydrogens is 338 g/mol. The van der Waals surface area contributed by atoms with E-state index in [0.717, 1.165) is 11.3 Å². The maximum atomic E-state index is 11.9. The van der Waals surface area contributed by atoms with Crippen LogP contribution in [0.15, 0.2) is 48.5 Å². The summed E-state index contributed by atoms with van der Waals surface area (Å²) in [7, 11) is 0. The number of aliphatic carboxylic acids is 1. The van der Waals surface area contributed by atoms with E-state index in [1.54, 1.807) is 25.1 Å². The molecule has 0 aliphatic heterocycles. The molecule has 2 rings (SSSR count). The van der Waals surface area contributed by atoms with Crippen LogP contribution in [0.4, 0.5) is 5.69 Å². The van der Waals surface area contributed by atoms with Gasteiger partial charge in [0, 0.05) is 5.69 Å². The van der Waals surface area contributed by atoms with Gasteiger partial charge in [-0.1, -0.05) is 18.2 Å². The first-order chi connectivity index (χ1) is 12.5. The van der Waals surface area contributed by atoms with E-state index in [1.165, 1.54) is 0 Å². The number of carboxylic acids is 1. The Morgan fingerprint density at radius 1 is 0.962 bits per heavy atom. The van der Waals surface area contributed by atoms with Crippen LogP contribution in [0, 0.1) is 6.92 Å². The number of amides is 1. The van der Waals surface area contributed by atoms with Gasteiger partial charge < -0.3 is 24.6 Å². The molecular formula is C19H21NO6. The zero-order chi connectivity index (χ0) is 18.8. The van der Waals surface area contributed by atoms with Crippen molar-refractivity contribution in [3.63, 3.8) is 0 Å². The third kappa shape index (κ3) is 6.82. The van der Waals surface area contributed by atoms with E-state index in [2.05, 4.69) is 5.32 Å². The molecule has 0 aliphatic carbocycles. The van der Waals surface area contributed by atoms with Gasteiger partial charge in [-0.25, -0.2) is 4.79 Å². The molecule has 7 heteroatoms. The molecule has 0 unspecified atom stereocenters. The minimum Gasteiger partial charge on any atom is -0.491 e. The first kappa shape index (κ1) is 19.3. The number of carbonyl (C=O) groups excluding carboxylic acids is 1. The van der Waals surface area contributed by atoms with E-state index in [4.69, 9.17) is 19.3 Å². The number of para-hydroxylation sites is 1. The Morgan fingerprint density at radius 3 is 2.42 bits per heavy atom. The average Bonchev–Trinajstić information content (AvgIpc) is 2.62. The molecule has 0 fully saturated rings. The van der Waals surface area contributed by atoms with Gasteiger partial charge in [0.15, 0.2) is 6.61 Å². The number of hydrogen-bond donors (Lipinski definition) is 2. The van der Waals surface area contributed by atoms with Crippen molar-refractivity contribution in [2.24, 2.45) is 0 Å². The van der Waals surface area contributed by atoms with E-state index in [9.17, 15) is 9.59 Å². The van der Waals surface area contributed by atoms with Gasteiger partial charge in [0.2, 0.25) is 5.91 Å². The highest BCUT2D eigenvalue weighted by molar-refractivity contribution is 5.92. The van der Waals surface area contributed by atoms with Crippen molar-refractivity contribution in [3.8, 4) is 11.5 Å². The topological polar surface area (TPSA) is 94.1 Å². The lowest BCUT2D eigenvalue weighted by Gasteiger charge is -2.11. The number of hydrogen-bond acceptors (Lipinski definition) is 5. The highest BCUT2D eigenvalue weighted by atomic mass is 16.5. The lowest BCUT2D eigenvalue weighted by Crippen LogP contribution is -2.20. The molecule has 0 saturated heterocycles. The third-order valence-corrected chi connectivity index (χ3v) is 3.31. The molecule has 0 bridgehead atoms. The van der Waals surface area contributed by atoms with Gasteiger partial charge in [0.05, 0.1) is 6.61 Å². The van der Waals surface area contributed by atoms with Crippen LogP contribution in [0.1, 0.15) is 5.56 Å². The molecule has 2 aromatic carbocycles. The summed E-state index contributed by atoms with van der Waals surface area (Å²) in [5.41, 5.74) is 1.37. The van der Waals surface area contributed by atoms with Crippen LogP contribution in [0.3, 0.4) is 0 Å². The third-order valence-electron chi connectivity index (χ3n) is 3.31. The van der Waals surface area contributed by atoms with Gasteiger partial charge in [-0.3, -0.25) is 4.79 Å². The molecule has 2 aromatic rings. The van der Waals surface area contributed by atoms with E-state index in [1.807, 2.05) is 30.3 Å². The maximum Gasteiger partial charge on any atom is 0.341 e.